The minimum absolute atomic E-state index is 0.410. The summed E-state index contributed by atoms with van der Waals surface area (Å²) < 4.78 is 0. The van der Waals surface area contributed by atoms with Gasteiger partial charge < -0.3 is 0 Å². The van der Waals surface area contributed by atoms with Crippen molar-refractivity contribution in [1.29, 1.82) is 0 Å². The Morgan fingerprint density at radius 3 is 2.55 bits per heavy atom. The average molecular weight is 266 g/mol. The summed E-state index contributed by atoms with van der Waals surface area (Å²) in [5, 5.41) is 2.46. The summed E-state index contributed by atoms with van der Waals surface area (Å²) in [7, 11) is 0. The fraction of sp³-hybridized carbons (Fsp3) is 0.421. The molecule has 0 bridgehead atoms. The highest BCUT2D eigenvalue weighted by Gasteiger charge is 2.17. The number of carbonyl (C=O) groups is 1. The maximum absolute atomic E-state index is 12.3. The Labute approximate surface area is 121 Å². The highest BCUT2D eigenvalue weighted by molar-refractivity contribution is 5.90. The molecule has 0 amide bonds. The molecule has 0 unspecified atom stereocenters. The first-order valence-electron chi connectivity index (χ1n) is 7.81. The lowest BCUT2D eigenvalue weighted by molar-refractivity contribution is -0.119. The van der Waals surface area contributed by atoms with Gasteiger partial charge in [-0.3, -0.25) is 4.79 Å². The molecule has 0 N–H and O–H groups in total. The Balaban J connectivity index is 1.71. The fourth-order valence-corrected chi connectivity index (χ4v) is 3.44. The van der Waals surface area contributed by atoms with Crippen molar-refractivity contribution in [1.82, 2.24) is 0 Å². The first-order chi connectivity index (χ1) is 9.83. The molecule has 1 aliphatic carbocycles. The van der Waals surface area contributed by atoms with Crippen LogP contribution in [-0.2, 0) is 11.2 Å². The largest absolute Gasteiger partial charge is 0.299 e. The van der Waals surface area contributed by atoms with Gasteiger partial charge in [-0.1, -0.05) is 74.6 Å². The maximum atomic E-state index is 12.3. The van der Waals surface area contributed by atoms with E-state index in [1.165, 1.54) is 48.4 Å². The first-order valence-corrected chi connectivity index (χ1v) is 7.81. The number of benzene rings is 2. The summed E-state index contributed by atoms with van der Waals surface area (Å²) >= 11 is 0. The Bertz CT molecular complexity index is 588. The van der Waals surface area contributed by atoms with Crippen molar-refractivity contribution >= 4 is 16.6 Å². The molecular formula is C19H22O. The van der Waals surface area contributed by atoms with E-state index >= 15 is 0 Å². The topological polar surface area (TPSA) is 17.1 Å². The van der Waals surface area contributed by atoms with E-state index < -0.39 is 0 Å². The number of carbonyl (C=O) groups excluding carboxylic acids is 1. The van der Waals surface area contributed by atoms with Crippen molar-refractivity contribution in [3.05, 3.63) is 48.0 Å². The molecule has 104 valence electrons. The third-order valence-corrected chi connectivity index (χ3v) is 4.51. The second kappa shape index (κ2) is 6.21. The summed E-state index contributed by atoms with van der Waals surface area (Å²) in [6, 6.07) is 14.6. The highest BCUT2D eigenvalue weighted by Crippen LogP contribution is 2.27. The molecule has 0 aromatic heterocycles. The van der Waals surface area contributed by atoms with E-state index in [1.54, 1.807) is 0 Å². The van der Waals surface area contributed by atoms with Crippen LogP contribution in [0, 0.1) is 5.92 Å². The molecule has 1 nitrogen and oxygen atoms in total. The van der Waals surface area contributed by atoms with Crippen LogP contribution in [0.1, 0.15) is 44.1 Å². The minimum atomic E-state index is 0.410. The van der Waals surface area contributed by atoms with E-state index in [1.807, 2.05) is 0 Å². The Morgan fingerprint density at radius 1 is 0.950 bits per heavy atom. The molecule has 1 fully saturated rings. The van der Waals surface area contributed by atoms with Crippen molar-refractivity contribution in [3.63, 3.8) is 0 Å². The van der Waals surface area contributed by atoms with Gasteiger partial charge in [-0.2, -0.15) is 0 Å². The standard InChI is InChI=1S/C19H22O/c20-18(13-15-7-2-1-3-8-15)14-17-11-6-10-16-9-4-5-12-19(16)17/h4-6,9-12,15H,1-3,7-8,13-14H2. The van der Waals surface area contributed by atoms with Gasteiger partial charge in [0.25, 0.3) is 0 Å². The van der Waals surface area contributed by atoms with E-state index in [2.05, 4.69) is 42.5 Å². The molecule has 20 heavy (non-hydrogen) atoms. The Kier molecular flexibility index (Phi) is 4.15. The second-order valence-corrected chi connectivity index (χ2v) is 6.06. The lowest BCUT2D eigenvalue weighted by Gasteiger charge is -2.20. The third-order valence-electron chi connectivity index (χ3n) is 4.51. The van der Waals surface area contributed by atoms with Gasteiger partial charge in [0.1, 0.15) is 5.78 Å². The fourth-order valence-electron chi connectivity index (χ4n) is 3.44. The van der Waals surface area contributed by atoms with Crippen LogP contribution in [0.3, 0.4) is 0 Å². The molecule has 1 aliphatic rings. The monoisotopic (exact) mass is 266 g/mol. The van der Waals surface area contributed by atoms with Crippen LogP contribution < -0.4 is 0 Å². The molecular weight excluding hydrogens is 244 g/mol. The van der Waals surface area contributed by atoms with Gasteiger partial charge in [0.05, 0.1) is 0 Å². The zero-order valence-corrected chi connectivity index (χ0v) is 12.0. The van der Waals surface area contributed by atoms with Crippen LogP contribution in [0.4, 0.5) is 0 Å². The van der Waals surface area contributed by atoms with Crippen LogP contribution in [0.15, 0.2) is 42.5 Å². The number of fused-ring (bicyclic) bond motifs is 1. The lowest BCUT2D eigenvalue weighted by Crippen LogP contribution is -2.13. The van der Waals surface area contributed by atoms with Crippen LogP contribution in [0.5, 0.6) is 0 Å². The summed E-state index contributed by atoms with van der Waals surface area (Å²) in [5.41, 5.74) is 1.18. The molecule has 0 heterocycles. The predicted octanol–water partition coefficient (Wildman–Crippen LogP) is 4.92. The molecule has 2 aromatic rings. The summed E-state index contributed by atoms with van der Waals surface area (Å²) in [6.07, 6.45) is 7.86. The number of ketones is 1. The third kappa shape index (κ3) is 3.09. The average Bonchev–Trinajstić information content (AvgIpc) is 2.48. The van der Waals surface area contributed by atoms with E-state index in [9.17, 15) is 4.79 Å². The van der Waals surface area contributed by atoms with Crippen molar-refractivity contribution in [2.75, 3.05) is 0 Å². The number of hydrogen-bond donors (Lipinski definition) is 0. The van der Waals surface area contributed by atoms with Crippen LogP contribution in [-0.4, -0.2) is 5.78 Å². The van der Waals surface area contributed by atoms with Crippen LogP contribution in [0.2, 0.25) is 0 Å². The molecule has 1 saturated carbocycles. The zero-order valence-electron chi connectivity index (χ0n) is 12.0. The van der Waals surface area contributed by atoms with Crippen molar-refractivity contribution in [2.24, 2.45) is 5.92 Å². The quantitative estimate of drug-likeness (QED) is 0.767. The molecule has 0 spiro atoms. The Morgan fingerprint density at radius 2 is 1.70 bits per heavy atom. The predicted molar refractivity (Wildman–Crippen MR) is 83.9 cm³/mol. The minimum Gasteiger partial charge on any atom is -0.299 e. The van der Waals surface area contributed by atoms with Crippen LogP contribution in [0.25, 0.3) is 10.8 Å². The first kappa shape index (κ1) is 13.4. The van der Waals surface area contributed by atoms with E-state index in [0.717, 1.165) is 6.42 Å². The lowest BCUT2D eigenvalue weighted by atomic mass is 9.84. The molecule has 3 rings (SSSR count). The zero-order chi connectivity index (χ0) is 13.8. The van der Waals surface area contributed by atoms with E-state index in [-0.39, 0.29) is 0 Å². The highest BCUT2D eigenvalue weighted by atomic mass is 16.1. The van der Waals surface area contributed by atoms with Gasteiger partial charge in [0.15, 0.2) is 0 Å². The smallest absolute Gasteiger partial charge is 0.137 e. The molecule has 1 heteroatoms. The maximum Gasteiger partial charge on any atom is 0.137 e. The van der Waals surface area contributed by atoms with E-state index in [0.29, 0.717) is 18.1 Å². The SMILES string of the molecule is O=C(Cc1cccc2ccccc12)CC1CCCCC1. The van der Waals surface area contributed by atoms with Gasteiger partial charge in [-0.25, -0.2) is 0 Å². The molecule has 0 saturated heterocycles. The number of hydrogen-bond acceptors (Lipinski definition) is 1. The summed E-state index contributed by atoms with van der Waals surface area (Å²) in [4.78, 5) is 12.3. The summed E-state index contributed by atoms with van der Waals surface area (Å²) in [5.74, 6) is 1.06. The van der Waals surface area contributed by atoms with Crippen molar-refractivity contribution in [2.45, 2.75) is 44.9 Å². The van der Waals surface area contributed by atoms with Crippen molar-refractivity contribution < 1.29 is 4.79 Å². The summed E-state index contributed by atoms with van der Waals surface area (Å²) in [6.45, 7) is 0. The number of rotatable bonds is 4. The second-order valence-electron chi connectivity index (χ2n) is 6.06. The van der Waals surface area contributed by atoms with Gasteiger partial charge in [-0.15, -0.1) is 0 Å². The molecule has 0 aliphatic heterocycles. The van der Waals surface area contributed by atoms with Gasteiger partial charge >= 0.3 is 0 Å². The Hall–Kier alpha value is -1.63. The van der Waals surface area contributed by atoms with Gasteiger partial charge in [0.2, 0.25) is 0 Å². The number of Topliss-reactive ketones (excluding diaryl/α,β-unsaturated/α-hetero) is 1. The van der Waals surface area contributed by atoms with Gasteiger partial charge in [-0.05, 0) is 22.3 Å². The normalized spacial score (nSPS) is 16.4. The van der Waals surface area contributed by atoms with Crippen LogP contribution >= 0.6 is 0 Å². The molecule has 0 radical (unpaired) electrons. The van der Waals surface area contributed by atoms with Gasteiger partial charge in [0, 0.05) is 12.8 Å². The molecule has 0 atom stereocenters. The molecule has 2 aromatic carbocycles. The van der Waals surface area contributed by atoms with Crippen molar-refractivity contribution in [3.8, 4) is 0 Å². The van der Waals surface area contributed by atoms with E-state index in [4.69, 9.17) is 0 Å².